The number of nitrogens with zero attached hydrogens (tertiary/aromatic N) is 1. The molecule has 0 spiro atoms. The van der Waals surface area contributed by atoms with Gasteiger partial charge in [0.2, 0.25) is 5.56 Å². The maximum absolute atomic E-state index is 11.6. The van der Waals surface area contributed by atoms with Gasteiger partial charge in [-0.2, -0.15) is 5.26 Å². The number of ether oxygens (including phenoxy) is 1. The SMILES string of the molecule is N#Cc1cccc(-c2cccc(Oc3ccc(CCNC[C@H](O)c4ccc(O)c5[nH]c(=O)ccc45)cc3)c2)c1. The highest BCUT2D eigenvalue weighted by atomic mass is 16.5. The van der Waals surface area contributed by atoms with Crippen LogP contribution < -0.4 is 15.6 Å². The number of phenols is 1. The molecule has 1 aromatic heterocycles. The summed E-state index contributed by atoms with van der Waals surface area (Å²) < 4.78 is 6.06. The summed E-state index contributed by atoms with van der Waals surface area (Å²) in [6, 6.07) is 31.4. The molecule has 0 aliphatic heterocycles. The molecule has 4 aromatic carbocycles. The van der Waals surface area contributed by atoms with Crippen LogP contribution in [0.15, 0.2) is 102 Å². The summed E-state index contributed by atoms with van der Waals surface area (Å²) in [6.07, 6.45) is -0.0330. The minimum atomic E-state index is -0.798. The zero-order valence-corrected chi connectivity index (χ0v) is 21.1. The van der Waals surface area contributed by atoms with Crippen molar-refractivity contribution < 1.29 is 14.9 Å². The predicted molar refractivity (Wildman–Crippen MR) is 151 cm³/mol. The number of aromatic hydroxyl groups is 1. The average molecular weight is 518 g/mol. The standard InChI is InChI=1S/C32H27N3O4/c33-19-22-3-1-4-23(17-22)24-5-2-6-26(18-24)39-25-9-7-21(8-10-25)15-16-34-20-30(37)27-11-13-29(36)32-28(27)12-14-31(38)35-32/h1-14,17-18,30,34,36-37H,15-16,20H2,(H,35,38)/t30-/m0/s1. The molecule has 39 heavy (non-hydrogen) atoms. The number of aliphatic hydroxyl groups is 1. The number of pyridine rings is 1. The summed E-state index contributed by atoms with van der Waals surface area (Å²) in [7, 11) is 0. The van der Waals surface area contributed by atoms with Crippen molar-refractivity contribution in [3.8, 4) is 34.4 Å². The van der Waals surface area contributed by atoms with Gasteiger partial charge < -0.3 is 25.3 Å². The van der Waals surface area contributed by atoms with Crippen molar-refractivity contribution in [2.24, 2.45) is 0 Å². The predicted octanol–water partition coefficient (Wildman–Crippen LogP) is 5.43. The lowest BCUT2D eigenvalue weighted by atomic mass is 10.0. The first-order valence-electron chi connectivity index (χ1n) is 12.6. The molecule has 0 saturated carbocycles. The Morgan fingerprint density at radius 1 is 0.897 bits per heavy atom. The van der Waals surface area contributed by atoms with Gasteiger partial charge >= 0.3 is 0 Å². The quantitative estimate of drug-likeness (QED) is 0.194. The first-order valence-corrected chi connectivity index (χ1v) is 12.6. The monoisotopic (exact) mass is 517 g/mol. The number of nitriles is 1. The first-order chi connectivity index (χ1) is 19.0. The lowest BCUT2D eigenvalue weighted by Gasteiger charge is -2.15. The van der Waals surface area contributed by atoms with E-state index in [-0.39, 0.29) is 11.3 Å². The van der Waals surface area contributed by atoms with Gasteiger partial charge in [0, 0.05) is 18.0 Å². The van der Waals surface area contributed by atoms with Crippen molar-refractivity contribution in [2.45, 2.75) is 12.5 Å². The lowest BCUT2D eigenvalue weighted by Crippen LogP contribution is -2.24. The van der Waals surface area contributed by atoms with E-state index in [9.17, 15) is 15.0 Å². The van der Waals surface area contributed by atoms with E-state index in [0.29, 0.717) is 40.9 Å². The highest BCUT2D eigenvalue weighted by Gasteiger charge is 2.13. The minimum Gasteiger partial charge on any atom is -0.506 e. The molecule has 0 aliphatic carbocycles. The number of H-pyrrole nitrogens is 1. The lowest BCUT2D eigenvalue weighted by molar-refractivity contribution is 0.176. The average Bonchev–Trinajstić information content (AvgIpc) is 2.96. The van der Waals surface area contributed by atoms with Crippen LogP contribution in [0.25, 0.3) is 22.0 Å². The molecule has 0 aliphatic rings. The normalized spacial score (nSPS) is 11.7. The number of benzene rings is 4. The van der Waals surface area contributed by atoms with E-state index in [2.05, 4.69) is 16.4 Å². The van der Waals surface area contributed by atoms with Crippen LogP contribution >= 0.6 is 0 Å². The molecular formula is C32H27N3O4. The minimum absolute atomic E-state index is 0.0304. The Labute approximate surface area is 225 Å². The Morgan fingerprint density at radius 2 is 1.67 bits per heavy atom. The second-order valence-electron chi connectivity index (χ2n) is 9.22. The van der Waals surface area contributed by atoms with E-state index in [1.54, 1.807) is 18.2 Å². The van der Waals surface area contributed by atoms with E-state index >= 15 is 0 Å². The zero-order chi connectivity index (χ0) is 27.2. The molecular weight excluding hydrogens is 490 g/mol. The number of aromatic amines is 1. The van der Waals surface area contributed by atoms with Gasteiger partial charge in [0.15, 0.2) is 0 Å². The van der Waals surface area contributed by atoms with Crippen molar-refractivity contribution in [1.29, 1.82) is 5.26 Å². The third-order valence-corrected chi connectivity index (χ3v) is 6.51. The van der Waals surface area contributed by atoms with Crippen molar-refractivity contribution in [3.63, 3.8) is 0 Å². The summed E-state index contributed by atoms with van der Waals surface area (Å²) in [5.41, 5.74) is 4.32. The Bertz CT molecular complexity index is 1700. The Kier molecular flexibility index (Phi) is 7.69. The van der Waals surface area contributed by atoms with Gasteiger partial charge in [-0.3, -0.25) is 4.79 Å². The summed E-state index contributed by atoms with van der Waals surface area (Å²) in [4.78, 5) is 14.2. The third kappa shape index (κ3) is 6.16. The molecule has 0 radical (unpaired) electrons. The molecule has 1 heterocycles. The van der Waals surface area contributed by atoms with Crippen molar-refractivity contribution in [3.05, 3.63) is 124 Å². The van der Waals surface area contributed by atoms with Crippen LogP contribution in [0.5, 0.6) is 17.2 Å². The first kappa shape index (κ1) is 25.7. The fraction of sp³-hybridized carbons (Fsp3) is 0.125. The highest BCUT2D eigenvalue weighted by molar-refractivity contribution is 5.87. The van der Waals surface area contributed by atoms with Crippen LogP contribution in [0.1, 0.15) is 22.8 Å². The number of aromatic nitrogens is 1. The van der Waals surface area contributed by atoms with Crippen LogP contribution in [-0.4, -0.2) is 28.3 Å². The van der Waals surface area contributed by atoms with E-state index < -0.39 is 6.10 Å². The van der Waals surface area contributed by atoms with Gasteiger partial charge in [0.05, 0.1) is 23.3 Å². The molecule has 0 unspecified atom stereocenters. The Balaban J connectivity index is 1.15. The van der Waals surface area contributed by atoms with Crippen molar-refractivity contribution >= 4 is 10.9 Å². The topological polar surface area (TPSA) is 118 Å². The highest BCUT2D eigenvalue weighted by Crippen LogP contribution is 2.29. The van der Waals surface area contributed by atoms with Gasteiger partial charge in [-0.15, -0.1) is 0 Å². The maximum atomic E-state index is 11.6. The van der Waals surface area contributed by atoms with Gasteiger partial charge in [0.25, 0.3) is 0 Å². The van der Waals surface area contributed by atoms with Gasteiger partial charge in [-0.05, 0) is 83.8 Å². The summed E-state index contributed by atoms with van der Waals surface area (Å²) in [5, 5.41) is 33.8. The molecule has 0 saturated heterocycles. The van der Waals surface area contributed by atoms with E-state index in [1.165, 1.54) is 12.1 Å². The largest absolute Gasteiger partial charge is 0.506 e. The molecule has 7 heteroatoms. The van der Waals surface area contributed by atoms with Gasteiger partial charge in [-0.1, -0.05) is 42.5 Å². The number of fused-ring (bicyclic) bond motifs is 1. The van der Waals surface area contributed by atoms with E-state index in [4.69, 9.17) is 10.00 Å². The van der Waals surface area contributed by atoms with E-state index in [0.717, 1.165) is 28.9 Å². The molecule has 0 amide bonds. The van der Waals surface area contributed by atoms with Crippen LogP contribution in [-0.2, 0) is 6.42 Å². The fourth-order valence-electron chi connectivity index (χ4n) is 4.50. The molecule has 7 nitrogen and oxygen atoms in total. The van der Waals surface area contributed by atoms with Crippen LogP contribution in [0, 0.1) is 11.3 Å². The summed E-state index contributed by atoms with van der Waals surface area (Å²) in [6.45, 7) is 0.988. The second-order valence-corrected chi connectivity index (χ2v) is 9.22. The second kappa shape index (κ2) is 11.7. The van der Waals surface area contributed by atoms with Crippen LogP contribution in [0.4, 0.5) is 0 Å². The van der Waals surface area contributed by atoms with Crippen molar-refractivity contribution in [1.82, 2.24) is 10.3 Å². The molecule has 1 atom stereocenters. The van der Waals surface area contributed by atoms with Crippen LogP contribution in [0.2, 0.25) is 0 Å². The maximum Gasteiger partial charge on any atom is 0.248 e. The number of hydrogen-bond donors (Lipinski definition) is 4. The van der Waals surface area contributed by atoms with Gasteiger partial charge in [0.1, 0.15) is 17.2 Å². The third-order valence-electron chi connectivity index (χ3n) is 6.51. The summed E-state index contributed by atoms with van der Waals surface area (Å²) >= 11 is 0. The fourth-order valence-corrected chi connectivity index (χ4v) is 4.50. The smallest absolute Gasteiger partial charge is 0.248 e. The molecule has 5 aromatic rings. The molecule has 5 rings (SSSR count). The molecule has 0 bridgehead atoms. The Hall–Kier alpha value is -4.90. The van der Waals surface area contributed by atoms with Crippen molar-refractivity contribution in [2.75, 3.05) is 13.1 Å². The molecule has 194 valence electrons. The van der Waals surface area contributed by atoms with Crippen LogP contribution in [0.3, 0.4) is 0 Å². The van der Waals surface area contributed by atoms with Gasteiger partial charge in [-0.25, -0.2) is 0 Å². The molecule has 4 N–H and O–H groups in total. The molecule has 0 fully saturated rings. The number of hydrogen-bond acceptors (Lipinski definition) is 6. The Morgan fingerprint density at radius 3 is 2.46 bits per heavy atom. The number of nitrogens with one attached hydrogen (secondary N) is 2. The summed E-state index contributed by atoms with van der Waals surface area (Å²) in [5.74, 6) is 1.41. The zero-order valence-electron chi connectivity index (χ0n) is 21.1. The van der Waals surface area contributed by atoms with E-state index in [1.807, 2.05) is 66.7 Å². The number of aliphatic hydroxyl groups excluding tert-OH is 1. The number of phenolic OH excluding ortho intramolecular Hbond substituents is 1. The number of rotatable bonds is 9.